The Hall–Kier alpha value is -0.240. The molecule has 0 bridgehead atoms. The number of hydrogen-bond donors (Lipinski definition) is 3. The third kappa shape index (κ3) is 1.92. The highest BCUT2D eigenvalue weighted by Gasteiger charge is 2.26. The molecule has 0 atom stereocenters. The summed E-state index contributed by atoms with van der Waals surface area (Å²) in [6.07, 6.45) is -0.198. The molecule has 12 heavy (non-hydrogen) atoms. The van der Waals surface area contributed by atoms with Crippen LogP contribution < -0.4 is 16.0 Å². The largest absolute Gasteiger partial charge is 0.329 e. The molecule has 0 radical (unpaired) electrons. The van der Waals surface area contributed by atoms with Crippen LogP contribution in [0.15, 0.2) is 0 Å². The van der Waals surface area contributed by atoms with Crippen LogP contribution >= 0.6 is 0 Å². The smallest absolute Gasteiger partial charge is 0.191 e. The van der Waals surface area contributed by atoms with E-state index in [1.54, 1.807) is 0 Å². The van der Waals surface area contributed by atoms with Crippen LogP contribution in [0.25, 0.3) is 0 Å². The zero-order chi connectivity index (χ0) is 8.23. The van der Waals surface area contributed by atoms with Gasteiger partial charge in [0.05, 0.1) is 0 Å². The van der Waals surface area contributed by atoms with Gasteiger partial charge >= 0.3 is 0 Å². The molecule has 3 N–H and O–H groups in total. The molecule has 2 aliphatic heterocycles. The van der Waals surface area contributed by atoms with Crippen molar-refractivity contribution < 1.29 is 14.2 Å². The lowest BCUT2D eigenvalue weighted by molar-refractivity contribution is -0.309. The summed E-state index contributed by atoms with van der Waals surface area (Å²) < 4.78 is 15.3. The standard InChI is InChI=1S/C6H13N3O3/c1-7-2-9-5(8-1)6-11-3-10-4-12-6/h5-9H,1-4H2. The van der Waals surface area contributed by atoms with Gasteiger partial charge in [0.1, 0.15) is 6.17 Å². The van der Waals surface area contributed by atoms with Crippen LogP contribution in [0.3, 0.4) is 0 Å². The van der Waals surface area contributed by atoms with Gasteiger partial charge in [-0.3, -0.25) is 16.0 Å². The summed E-state index contributed by atoms with van der Waals surface area (Å²) in [5, 5.41) is 9.41. The fraction of sp³-hybridized carbons (Fsp3) is 1.00. The Morgan fingerprint density at radius 3 is 2.33 bits per heavy atom. The summed E-state index contributed by atoms with van der Waals surface area (Å²) in [6, 6.07) is 0. The molecule has 70 valence electrons. The van der Waals surface area contributed by atoms with Crippen LogP contribution in [0.2, 0.25) is 0 Å². The molecular weight excluding hydrogens is 162 g/mol. The predicted molar refractivity (Wildman–Crippen MR) is 39.7 cm³/mol. The van der Waals surface area contributed by atoms with Gasteiger partial charge in [0, 0.05) is 13.3 Å². The van der Waals surface area contributed by atoms with Crippen LogP contribution in [0.4, 0.5) is 0 Å². The van der Waals surface area contributed by atoms with Gasteiger partial charge in [-0.05, 0) is 0 Å². The highest BCUT2D eigenvalue weighted by molar-refractivity contribution is 4.71. The molecule has 2 heterocycles. The minimum Gasteiger partial charge on any atom is -0.329 e. The zero-order valence-electron chi connectivity index (χ0n) is 6.71. The van der Waals surface area contributed by atoms with Gasteiger partial charge in [0.2, 0.25) is 0 Å². The Labute approximate surface area is 70.5 Å². The van der Waals surface area contributed by atoms with Gasteiger partial charge in [-0.25, -0.2) is 0 Å². The van der Waals surface area contributed by atoms with E-state index in [0.717, 1.165) is 13.3 Å². The summed E-state index contributed by atoms with van der Waals surface area (Å²) in [4.78, 5) is 0. The topological polar surface area (TPSA) is 63.8 Å². The molecule has 2 saturated heterocycles. The average molecular weight is 175 g/mol. The van der Waals surface area contributed by atoms with Gasteiger partial charge in [-0.1, -0.05) is 0 Å². The van der Waals surface area contributed by atoms with Crippen molar-refractivity contribution >= 4 is 0 Å². The maximum Gasteiger partial charge on any atom is 0.191 e. The first-order valence-corrected chi connectivity index (χ1v) is 3.95. The first-order valence-electron chi connectivity index (χ1n) is 3.95. The van der Waals surface area contributed by atoms with Crippen molar-refractivity contribution in [3.05, 3.63) is 0 Å². The molecule has 0 amide bonds. The second kappa shape index (κ2) is 4.13. The van der Waals surface area contributed by atoms with Crippen molar-refractivity contribution in [3.8, 4) is 0 Å². The van der Waals surface area contributed by atoms with E-state index in [1.165, 1.54) is 0 Å². The minimum absolute atomic E-state index is 0.0511. The normalized spacial score (nSPS) is 29.0. The van der Waals surface area contributed by atoms with Gasteiger partial charge in [0.15, 0.2) is 19.9 Å². The van der Waals surface area contributed by atoms with E-state index < -0.39 is 0 Å². The quantitative estimate of drug-likeness (QED) is 0.442. The van der Waals surface area contributed by atoms with E-state index in [4.69, 9.17) is 14.2 Å². The van der Waals surface area contributed by atoms with Gasteiger partial charge < -0.3 is 14.2 Å². The second-order valence-electron chi connectivity index (χ2n) is 2.63. The minimum atomic E-state index is -0.249. The van der Waals surface area contributed by atoms with E-state index in [1.807, 2.05) is 0 Å². The number of rotatable bonds is 1. The van der Waals surface area contributed by atoms with E-state index in [-0.39, 0.29) is 12.5 Å². The third-order valence-electron chi connectivity index (χ3n) is 1.80. The second-order valence-corrected chi connectivity index (χ2v) is 2.63. The highest BCUT2D eigenvalue weighted by atomic mass is 16.8. The summed E-state index contributed by atoms with van der Waals surface area (Å²) in [5.41, 5.74) is 0. The Bertz CT molecular complexity index is 118. The molecule has 0 unspecified atom stereocenters. The molecular formula is C6H13N3O3. The van der Waals surface area contributed by atoms with Crippen LogP contribution in [0, 0.1) is 0 Å². The first-order chi connectivity index (χ1) is 5.97. The van der Waals surface area contributed by atoms with Crippen LogP contribution in [0.1, 0.15) is 0 Å². The fourth-order valence-electron chi connectivity index (χ4n) is 1.20. The zero-order valence-corrected chi connectivity index (χ0v) is 6.71. The van der Waals surface area contributed by atoms with E-state index >= 15 is 0 Å². The lowest BCUT2D eigenvalue weighted by Gasteiger charge is -2.34. The van der Waals surface area contributed by atoms with E-state index in [9.17, 15) is 0 Å². The van der Waals surface area contributed by atoms with Gasteiger partial charge in [0.25, 0.3) is 0 Å². The fourth-order valence-corrected chi connectivity index (χ4v) is 1.20. The summed E-state index contributed by atoms with van der Waals surface area (Å²) in [5.74, 6) is 0. The Kier molecular flexibility index (Phi) is 2.88. The molecule has 0 aromatic rings. The van der Waals surface area contributed by atoms with E-state index in [0.29, 0.717) is 13.6 Å². The lowest BCUT2D eigenvalue weighted by Crippen LogP contribution is -2.62. The van der Waals surface area contributed by atoms with E-state index in [2.05, 4.69) is 16.0 Å². The molecule has 0 aromatic heterocycles. The van der Waals surface area contributed by atoms with Crippen molar-refractivity contribution in [2.24, 2.45) is 0 Å². The monoisotopic (exact) mass is 175 g/mol. The van der Waals surface area contributed by atoms with Crippen LogP contribution in [-0.2, 0) is 14.2 Å². The molecule has 2 fully saturated rings. The highest BCUT2D eigenvalue weighted by Crippen LogP contribution is 2.05. The first kappa shape index (κ1) is 8.36. The van der Waals surface area contributed by atoms with Crippen LogP contribution in [0.5, 0.6) is 0 Å². The number of nitrogens with one attached hydrogen (secondary N) is 3. The van der Waals surface area contributed by atoms with Gasteiger partial charge in [-0.2, -0.15) is 0 Å². The molecule has 6 heteroatoms. The molecule has 0 aliphatic carbocycles. The van der Waals surface area contributed by atoms with Crippen molar-refractivity contribution in [2.75, 3.05) is 26.9 Å². The molecule has 2 rings (SSSR count). The third-order valence-corrected chi connectivity index (χ3v) is 1.80. The Morgan fingerprint density at radius 2 is 1.67 bits per heavy atom. The summed E-state index contributed by atoms with van der Waals surface area (Å²) in [7, 11) is 0. The molecule has 0 spiro atoms. The van der Waals surface area contributed by atoms with Crippen molar-refractivity contribution in [1.29, 1.82) is 0 Å². The molecule has 0 aromatic carbocycles. The number of hydrogen-bond acceptors (Lipinski definition) is 6. The van der Waals surface area contributed by atoms with Crippen LogP contribution in [-0.4, -0.2) is 39.4 Å². The van der Waals surface area contributed by atoms with Crippen molar-refractivity contribution in [2.45, 2.75) is 12.5 Å². The molecule has 0 saturated carbocycles. The molecule has 6 nitrogen and oxygen atoms in total. The summed E-state index contributed by atoms with van der Waals surface area (Å²) in [6.45, 7) is 2.14. The van der Waals surface area contributed by atoms with Gasteiger partial charge in [-0.15, -0.1) is 0 Å². The Balaban J connectivity index is 1.80. The SMILES string of the molecule is C1NCNC(C2OCOCO2)N1. The maximum absolute atomic E-state index is 5.22. The lowest BCUT2D eigenvalue weighted by atomic mass is 10.4. The van der Waals surface area contributed by atoms with Crippen molar-refractivity contribution in [1.82, 2.24) is 16.0 Å². The van der Waals surface area contributed by atoms with Crippen molar-refractivity contribution in [3.63, 3.8) is 0 Å². The Morgan fingerprint density at radius 1 is 1.00 bits per heavy atom. The average Bonchev–Trinajstić information content (AvgIpc) is 2.21. The summed E-state index contributed by atoms with van der Waals surface area (Å²) >= 11 is 0. The molecule has 2 aliphatic rings. The maximum atomic E-state index is 5.22. The predicted octanol–water partition coefficient (Wildman–Crippen LogP) is -1.69. The number of ether oxygens (including phenoxy) is 3.